The van der Waals surface area contributed by atoms with Crippen molar-refractivity contribution in [3.8, 4) is 11.3 Å². The maximum atomic E-state index is 13.0. The Kier molecular flexibility index (Phi) is 4.06. The number of carbonyl (C=O) groups excluding carboxylic acids is 1. The number of halogens is 2. The molecule has 27 heavy (non-hydrogen) atoms. The largest absolute Gasteiger partial charge is 0.455 e. The van der Waals surface area contributed by atoms with Crippen molar-refractivity contribution in [3.63, 3.8) is 0 Å². The van der Waals surface area contributed by atoms with E-state index in [1.54, 1.807) is 19.1 Å². The molecule has 0 spiro atoms. The van der Waals surface area contributed by atoms with Crippen molar-refractivity contribution in [1.82, 2.24) is 5.32 Å². The van der Waals surface area contributed by atoms with Crippen LogP contribution in [-0.4, -0.2) is 17.9 Å². The lowest BCUT2D eigenvalue weighted by molar-refractivity contribution is -0.0901. The van der Waals surface area contributed by atoms with Crippen molar-refractivity contribution in [2.75, 3.05) is 0 Å². The van der Waals surface area contributed by atoms with E-state index in [1.807, 2.05) is 30.3 Å². The lowest BCUT2D eigenvalue weighted by Crippen LogP contribution is -2.50. The van der Waals surface area contributed by atoms with Gasteiger partial charge in [-0.05, 0) is 19.1 Å². The molecule has 0 aliphatic heterocycles. The second-order valence-corrected chi connectivity index (χ2v) is 6.87. The molecule has 0 unspecified atom stereocenters. The standard InChI is InChI=1S/C21H17F2NO3/c1-12-17(25)15-8-5-9-16(20(26)24-14-10-21(22,23)11-14)19(15)27-18(12)13-6-3-2-4-7-13/h2-9,14H,10-11H2,1H3,(H,24,26). The van der Waals surface area contributed by atoms with Crippen LogP contribution in [-0.2, 0) is 0 Å². The maximum absolute atomic E-state index is 13.0. The highest BCUT2D eigenvalue weighted by molar-refractivity contribution is 6.05. The minimum absolute atomic E-state index is 0.163. The number of rotatable bonds is 3. The highest BCUT2D eigenvalue weighted by Crippen LogP contribution is 2.37. The number of hydrogen-bond acceptors (Lipinski definition) is 3. The van der Waals surface area contributed by atoms with Gasteiger partial charge in [-0.3, -0.25) is 9.59 Å². The Labute approximate surface area is 153 Å². The molecule has 6 heteroatoms. The van der Waals surface area contributed by atoms with E-state index in [-0.39, 0.29) is 29.4 Å². The number of amides is 1. The number of fused-ring (bicyclic) bond motifs is 1. The molecule has 1 aromatic heterocycles. The predicted octanol–water partition coefficient (Wildman–Crippen LogP) is 4.30. The molecule has 0 bridgehead atoms. The van der Waals surface area contributed by atoms with Gasteiger partial charge in [-0.25, -0.2) is 8.78 Å². The second-order valence-electron chi connectivity index (χ2n) is 6.87. The van der Waals surface area contributed by atoms with Crippen LogP contribution >= 0.6 is 0 Å². The Morgan fingerprint density at radius 1 is 1.11 bits per heavy atom. The number of carbonyl (C=O) groups is 1. The zero-order valence-corrected chi connectivity index (χ0v) is 14.6. The first-order valence-corrected chi connectivity index (χ1v) is 8.66. The second kappa shape index (κ2) is 6.30. The van der Waals surface area contributed by atoms with Crippen LogP contribution in [0.5, 0.6) is 0 Å². The molecule has 1 amide bonds. The lowest BCUT2D eigenvalue weighted by Gasteiger charge is -2.35. The topological polar surface area (TPSA) is 59.3 Å². The Morgan fingerprint density at radius 2 is 1.81 bits per heavy atom. The zero-order chi connectivity index (χ0) is 19.2. The number of hydrogen-bond donors (Lipinski definition) is 1. The Morgan fingerprint density at radius 3 is 2.48 bits per heavy atom. The van der Waals surface area contributed by atoms with Gasteiger partial charge >= 0.3 is 0 Å². The summed E-state index contributed by atoms with van der Waals surface area (Å²) in [6.45, 7) is 1.68. The SMILES string of the molecule is Cc1c(-c2ccccc2)oc2c(C(=O)NC3CC(F)(F)C3)cccc2c1=O. The molecule has 138 valence electrons. The van der Waals surface area contributed by atoms with Gasteiger partial charge in [0.15, 0.2) is 11.0 Å². The van der Waals surface area contributed by atoms with E-state index in [9.17, 15) is 18.4 Å². The van der Waals surface area contributed by atoms with Gasteiger partial charge in [0.25, 0.3) is 11.8 Å². The fourth-order valence-corrected chi connectivity index (χ4v) is 3.38. The first-order chi connectivity index (χ1) is 12.9. The molecule has 2 aromatic carbocycles. The summed E-state index contributed by atoms with van der Waals surface area (Å²) in [6.07, 6.45) is -0.746. The molecule has 4 rings (SSSR count). The van der Waals surface area contributed by atoms with Crippen molar-refractivity contribution in [3.05, 3.63) is 69.9 Å². The van der Waals surface area contributed by atoms with Crippen LogP contribution in [0.3, 0.4) is 0 Å². The first kappa shape index (κ1) is 17.4. The number of para-hydroxylation sites is 1. The number of benzene rings is 2. The highest BCUT2D eigenvalue weighted by atomic mass is 19.3. The molecule has 0 radical (unpaired) electrons. The van der Waals surface area contributed by atoms with Gasteiger partial charge in [-0.15, -0.1) is 0 Å². The molecule has 0 atom stereocenters. The van der Waals surface area contributed by atoms with Gasteiger partial charge in [0.2, 0.25) is 0 Å². The monoisotopic (exact) mass is 369 g/mol. The molecular weight excluding hydrogens is 352 g/mol. The average molecular weight is 369 g/mol. The van der Waals surface area contributed by atoms with Crippen LogP contribution in [0.25, 0.3) is 22.3 Å². The van der Waals surface area contributed by atoms with E-state index in [0.29, 0.717) is 16.7 Å². The summed E-state index contributed by atoms with van der Waals surface area (Å²) in [4.78, 5) is 25.4. The van der Waals surface area contributed by atoms with Crippen LogP contribution in [0.4, 0.5) is 8.78 Å². The zero-order valence-electron chi connectivity index (χ0n) is 14.6. The third-order valence-electron chi connectivity index (χ3n) is 4.85. The van der Waals surface area contributed by atoms with Crippen LogP contribution in [0.15, 0.2) is 57.7 Å². The third-order valence-corrected chi connectivity index (χ3v) is 4.85. The quantitative estimate of drug-likeness (QED) is 0.749. The van der Waals surface area contributed by atoms with E-state index < -0.39 is 17.9 Å². The number of nitrogens with one attached hydrogen (secondary N) is 1. The summed E-state index contributed by atoms with van der Waals surface area (Å²) in [7, 11) is 0. The van der Waals surface area contributed by atoms with Crippen LogP contribution in [0, 0.1) is 6.92 Å². The molecule has 1 saturated carbocycles. The number of alkyl halides is 2. The predicted molar refractivity (Wildman–Crippen MR) is 98.1 cm³/mol. The van der Waals surface area contributed by atoms with Gasteiger partial charge in [0.1, 0.15) is 5.76 Å². The van der Waals surface area contributed by atoms with Gasteiger partial charge in [0, 0.05) is 30.0 Å². The summed E-state index contributed by atoms with van der Waals surface area (Å²) in [5, 5.41) is 2.88. The Hall–Kier alpha value is -3.02. The van der Waals surface area contributed by atoms with Gasteiger partial charge < -0.3 is 9.73 Å². The van der Waals surface area contributed by atoms with E-state index in [4.69, 9.17) is 4.42 Å². The molecular formula is C21H17F2NO3. The van der Waals surface area contributed by atoms with Crippen LogP contribution in [0.1, 0.15) is 28.8 Å². The summed E-state index contributed by atoms with van der Waals surface area (Å²) in [5.74, 6) is -2.85. The van der Waals surface area contributed by atoms with Gasteiger partial charge in [0.05, 0.1) is 10.9 Å². The van der Waals surface area contributed by atoms with Crippen LogP contribution in [0.2, 0.25) is 0 Å². The summed E-state index contributed by atoms with van der Waals surface area (Å²) >= 11 is 0. The summed E-state index contributed by atoms with van der Waals surface area (Å²) in [5.41, 5.74) is 1.28. The lowest BCUT2D eigenvalue weighted by atomic mass is 9.88. The Balaban J connectivity index is 1.79. The molecule has 1 fully saturated rings. The highest BCUT2D eigenvalue weighted by Gasteiger charge is 2.46. The first-order valence-electron chi connectivity index (χ1n) is 8.66. The minimum atomic E-state index is -2.72. The fraction of sp³-hybridized carbons (Fsp3) is 0.238. The fourth-order valence-electron chi connectivity index (χ4n) is 3.38. The van der Waals surface area contributed by atoms with Crippen molar-refractivity contribution < 1.29 is 18.0 Å². The third kappa shape index (κ3) is 3.12. The molecule has 4 nitrogen and oxygen atoms in total. The normalized spacial score (nSPS) is 16.1. The van der Waals surface area contributed by atoms with Gasteiger partial charge in [-0.1, -0.05) is 36.4 Å². The summed E-state index contributed by atoms with van der Waals surface area (Å²) in [6, 6.07) is 13.3. The molecule has 0 saturated heterocycles. The van der Waals surface area contributed by atoms with E-state index >= 15 is 0 Å². The molecule has 1 aliphatic rings. The van der Waals surface area contributed by atoms with E-state index in [1.165, 1.54) is 6.07 Å². The molecule has 1 heterocycles. The molecule has 1 aliphatic carbocycles. The summed E-state index contributed by atoms with van der Waals surface area (Å²) < 4.78 is 32.0. The van der Waals surface area contributed by atoms with Crippen molar-refractivity contribution in [2.24, 2.45) is 0 Å². The van der Waals surface area contributed by atoms with Crippen molar-refractivity contribution in [1.29, 1.82) is 0 Å². The van der Waals surface area contributed by atoms with E-state index in [0.717, 1.165) is 5.56 Å². The van der Waals surface area contributed by atoms with Gasteiger partial charge in [-0.2, -0.15) is 0 Å². The minimum Gasteiger partial charge on any atom is -0.455 e. The Bertz CT molecular complexity index is 1080. The average Bonchev–Trinajstić information content (AvgIpc) is 2.63. The van der Waals surface area contributed by atoms with E-state index in [2.05, 4.69) is 5.32 Å². The molecule has 1 N–H and O–H groups in total. The van der Waals surface area contributed by atoms with Crippen molar-refractivity contribution in [2.45, 2.75) is 31.7 Å². The van der Waals surface area contributed by atoms with Crippen molar-refractivity contribution >= 4 is 16.9 Å². The maximum Gasteiger partial charge on any atom is 0.255 e. The smallest absolute Gasteiger partial charge is 0.255 e. The molecule has 3 aromatic rings. The van der Waals surface area contributed by atoms with Crippen LogP contribution < -0.4 is 10.7 Å².